The number of carbonyl (C=O) groups excluding carboxylic acids is 3. The van der Waals surface area contributed by atoms with Gasteiger partial charge in [-0.2, -0.15) is 0 Å². The third-order valence-electron chi connectivity index (χ3n) is 3.96. The second-order valence-corrected chi connectivity index (χ2v) is 6.58. The zero-order chi connectivity index (χ0) is 17.1. The summed E-state index contributed by atoms with van der Waals surface area (Å²) in [5.74, 6) is -0.0424. The van der Waals surface area contributed by atoms with E-state index in [9.17, 15) is 14.4 Å². The second-order valence-electron chi connectivity index (χ2n) is 6.58. The van der Waals surface area contributed by atoms with Crippen LogP contribution in [0.1, 0.15) is 53.0 Å². The van der Waals surface area contributed by atoms with Crippen molar-refractivity contribution in [2.24, 2.45) is 5.92 Å². The molecule has 0 fully saturated rings. The van der Waals surface area contributed by atoms with E-state index in [0.717, 1.165) is 5.56 Å². The molecule has 1 heterocycles. The average Bonchev–Trinajstić information content (AvgIpc) is 2.70. The maximum absolute atomic E-state index is 12.3. The highest BCUT2D eigenvalue weighted by atomic mass is 16.2. The molecule has 124 valence electrons. The zero-order valence-electron chi connectivity index (χ0n) is 14.3. The highest BCUT2D eigenvalue weighted by Gasteiger charge is 2.35. The maximum atomic E-state index is 12.3. The van der Waals surface area contributed by atoms with E-state index in [1.165, 1.54) is 4.90 Å². The van der Waals surface area contributed by atoms with Crippen molar-refractivity contribution in [3.8, 4) is 0 Å². The summed E-state index contributed by atoms with van der Waals surface area (Å²) in [4.78, 5) is 39.6. The van der Waals surface area contributed by atoms with Gasteiger partial charge in [-0.05, 0) is 31.4 Å². The fourth-order valence-electron chi connectivity index (χ4n) is 2.84. The summed E-state index contributed by atoms with van der Waals surface area (Å²) in [6, 6.07) is 5.28. The highest BCUT2D eigenvalue weighted by molar-refractivity contribution is 6.21. The van der Waals surface area contributed by atoms with Crippen LogP contribution in [0.25, 0.3) is 0 Å². The molecule has 5 nitrogen and oxygen atoms in total. The molecule has 1 aromatic rings. The summed E-state index contributed by atoms with van der Waals surface area (Å²) in [7, 11) is 1.78. The van der Waals surface area contributed by atoms with Crippen LogP contribution in [0.4, 0.5) is 0 Å². The monoisotopic (exact) mass is 316 g/mol. The van der Waals surface area contributed by atoms with Gasteiger partial charge in [0.15, 0.2) is 0 Å². The molecule has 0 saturated heterocycles. The van der Waals surface area contributed by atoms with Crippen molar-refractivity contribution >= 4 is 17.7 Å². The van der Waals surface area contributed by atoms with E-state index in [2.05, 4.69) is 13.8 Å². The van der Waals surface area contributed by atoms with Crippen molar-refractivity contribution < 1.29 is 14.4 Å². The van der Waals surface area contributed by atoms with Gasteiger partial charge < -0.3 is 4.90 Å². The molecule has 0 unspecified atom stereocenters. The van der Waals surface area contributed by atoms with Crippen LogP contribution in [0, 0.1) is 12.8 Å². The summed E-state index contributed by atoms with van der Waals surface area (Å²) >= 11 is 0. The van der Waals surface area contributed by atoms with E-state index < -0.39 is 0 Å². The van der Waals surface area contributed by atoms with E-state index in [4.69, 9.17) is 0 Å². The van der Waals surface area contributed by atoms with Crippen LogP contribution < -0.4 is 0 Å². The molecular weight excluding hydrogens is 292 g/mol. The molecule has 1 aliphatic rings. The zero-order valence-corrected chi connectivity index (χ0v) is 14.3. The summed E-state index contributed by atoms with van der Waals surface area (Å²) < 4.78 is 0. The lowest BCUT2D eigenvalue weighted by atomic mass is 10.1. The molecule has 5 heteroatoms. The molecule has 0 N–H and O–H groups in total. The molecule has 0 bridgehead atoms. The van der Waals surface area contributed by atoms with E-state index >= 15 is 0 Å². The van der Waals surface area contributed by atoms with E-state index in [0.29, 0.717) is 36.4 Å². The Morgan fingerprint density at radius 2 is 1.83 bits per heavy atom. The van der Waals surface area contributed by atoms with E-state index in [-0.39, 0.29) is 24.3 Å². The third-order valence-corrected chi connectivity index (χ3v) is 3.96. The minimum absolute atomic E-state index is 0.0474. The standard InChI is InChI=1S/C18H24N2O3/c1-12(2)11-19(4)16(21)6-5-9-20-17(22)14-8-7-13(3)10-15(14)18(20)23/h7-8,10,12H,5-6,9,11H2,1-4H3. The van der Waals surface area contributed by atoms with Gasteiger partial charge in [0.2, 0.25) is 5.91 Å². The van der Waals surface area contributed by atoms with Crippen LogP contribution in [-0.4, -0.2) is 47.7 Å². The number of carbonyl (C=O) groups is 3. The Bertz CT molecular complexity index is 637. The van der Waals surface area contributed by atoms with Crippen LogP contribution >= 0.6 is 0 Å². The van der Waals surface area contributed by atoms with Crippen LogP contribution in [-0.2, 0) is 4.79 Å². The van der Waals surface area contributed by atoms with Gasteiger partial charge in [-0.25, -0.2) is 0 Å². The molecule has 0 aromatic heterocycles. The first-order valence-corrected chi connectivity index (χ1v) is 8.02. The SMILES string of the molecule is Cc1ccc2c(c1)C(=O)N(CCCC(=O)N(C)CC(C)C)C2=O. The first-order chi connectivity index (χ1) is 10.8. The lowest BCUT2D eigenvalue weighted by Crippen LogP contribution is -2.33. The summed E-state index contributed by atoms with van der Waals surface area (Å²) in [6.07, 6.45) is 0.835. The maximum Gasteiger partial charge on any atom is 0.261 e. The van der Waals surface area contributed by atoms with E-state index in [1.807, 2.05) is 13.0 Å². The minimum atomic E-state index is -0.256. The predicted octanol–water partition coefficient (Wildman–Crippen LogP) is 2.49. The smallest absolute Gasteiger partial charge is 0.261 e. The number of hydrogen-bond donors (Lipinski definition) is 0. The largest absolute Gasteiger partial charge is 0.346 e. The second kappa shape index (κ2) is 6.94. The van der Waals surface area contributed by atoms with Gasteiger partial charge in [-0.15, -0.1) is 0 Å². The van der Waals surface area contributed by atoms with Gasteiger partial charge in [-0.1, -0.05) is 25.5 Å². The molecule has 0 saturated carbocycles. The Hall–Kier alpha value is -2.17. The molecular formula is C18H24N2O3. The number of amides is 3. The summed E-state index contributed by atoms with van der Waals surface area (Å²) in [5.41, 5.74) is 1.89. The van der Waals surface area contributed by atoms with Crippen molar-refractivity contribution in [1.82, 2.24) is 9.80 Å². The van der Waals surface area contributed by atoms with Gasteiger partial charge in [0.25, 0.3) is 11.8 Å². The Morgan fingerprint density at radius 3 is 2.48 bits per heavy atom. The molecule has 3 amide bonds. The lowest BCUT2D eigenvalue weighted by Gasteiger charge is -2.20. The van der Waals surface area contributed by atoms with Gasteiger partial charge in [-0.3, -0.25) is 19.3 Å². The Kier molecular flexibility index (Phi) is 5.19. The number of aryl methyl sites for hydroxylation is 1. The molecule has 23 heavy (non-hydrogen) atoms. The van der Waals surface area contributed by atoms with Crippen LogP contribution in [0.3, 0.4) is 0 Å². The normalized spacial score (nSPS) is 13.7. The molecule has 1 aromatic carbocycles. The van der Waals surface area contributed by atoms with E-state index in [1.54, 1.807) is 24.1 Å². The molecule has 2 rings (SSSR count). The molecule has 0 aliphatic carbocycles. The van der Waals surface area contributed by atoms with Crippen molar-refractivity contribution in [2.45, 2.75) is 33.6 Å². The van der Waals surface area contributed by atoms with Gasteiger partial charge in [0.1, 0.15) is 0 Å². The Balaban J connectivity index is 1.92. The number of hydrogen-bond acceptors (Lipinski definition) is 3. The summed E-state index contributed by atoms with van der Waals surface area (Å²) in [5, 5.41) is 0. The average molecular weight is 316 g/mol. The number of benzene rings is 1. The number of nitrogens with zero attached hydrogens (tertiary/aromatic N) is 2. The third kappa shape index (κ3) is 3.78. The van der Waals surface area contributed by atoms with Crippen LogP contribution in [0.5, 0.6) is 0 Å². The van der Waals surface area contributed by atoms with Crippen molar-refractivity contribution in [3.63, 3.8) is 0 Å². The number of imide groups is 1. The fourth-order valence-corrected chi connectivity index (χ4v) is 2.84. The Morgan fingerprint density at radius 1 is 1.17 bits per heavy atom. The quantitative estimate of drug-likeness (QED) is 0.758. The fraction of sp³-hybridized carbons (Fsp3) is 0.500. The number of fused-ring (bicyclic) bond motifs is 1. The minimum Gasteiger partial charge on any atom is -0.346 e. The summed E-state index contributed by atoms with van der Waals surface area (Å²) in [6.45, 7) is 7.01. The van der Waals surface area contributed by atoms with Crippen molar-refractivity contribution in [3.05, 3.63) is 34.9 Å². The van der Waals surface area contributed by atoms with Gasteiger partial charge >= 0.3 is 0 Å². The highest BCUT2D eigenvalue weighted by Crippen LogP contribution is 2.24. The molecule has 0 atom stereocenters. The van der Waals surface area contributed by atoms with Gasteiger partial charge in [0, 0.05) is 26.6 Å². The first-order valence-electron chi connectivity index (χ1n) is 8.02. The van der Waals surface area contributed by atoms with Crippen molar-refractivity contribution in [2.75, 3.05) is 20.1 Å². The van der Waals surface area contributed by atoms with Crippen molar-refractivity contribution in [1.29, 1.82) is 0 Å². The molecule has 0 spiro atoms. The van der Waals surface area contributed by atoms with Crippen LogP contribution in [0.2, 0.25) is 0 Å². The lowest BCUT2D eigenvalue weighted by molar-refractivity contribution is -0.130. The topological polar surface area (TPSA) is 57.7 Å². The predicted molar refractivity (Wildman–Crippen MR) is 88.3 cm³/mol. The van der Waals surface area contributed by atoms with Crippen LogP contribution in [0.15, 0.2) is 18.2 Å². The first kappa shape index (κ1) is 17.2. The Labute approximate surface area is 137 Å². The molecule has 0 radical (unpaired) electrons. The number of rotatable bonds is 6. The molecule has 1 aliphatic heterocycles. The van der Waals surface area contributed by atoms with Gasteiger partial charge in [0.05, 0.1) is 11.1 Å².